The lowest BCUT2D eigenvalue weighted by Crippen LogP contribution is -2.51. The summed E-state index contributed by atoms with van der Waals surface area (Å²) in [4.78, 5) is 36.5. The quantitative estimate of drug-likeness (QED) is 0.373. The Morgan fingerprint density at radius 2 is 1.94 bits per heavy atom. The van der Waals surface area contributed by atoms with Crippen molar-refractivity contribution in [2.24, 2.45) is 5.92 Å². The van der Waals surface area contributed by atoms with Crippen LogP contribution in [0, 0.1) is 5.92 Å². The first-order chi connectivity index (χ1) is 15.7. The lowest BCUT2D eigenvalue weighted by atomic mass is 9.89. The SMILES string of the molecule is CCOC(=O)[C@@H]1C(=O)N(CCOC)c2nc3ccccc3n2[C@H]1c1c[nH]c2ccccc12. The Labute approximate surface area is 184 Å². The largest absolute Gasteiger partial charge is 0.465 e. The first kappa shape index (κ1) is 20.3. The third-order valence-electron chi connectivity index (χ3n) is 5.94. The minimum absolute atomic E-state index is 0.193. The average molecular weight is 432 g/mol. The van der Waals surface area contributed by atoms with Crippen LogP contribution in [0.3, 0.4) is 0 Å². The van der Waals surface area contributed by atoms with Crippen LogP contribution in [0.2, 0.25) is 0 Å². The number of carbonyl (C=O) groups is 2. The number of hydrogen-bond donors (Lipinski definition) is 1. The molecule has 1 amide bonds. The molecule has 8 nitrogen and oxygen atoms in total. The molecule has 0 radical (unpaired) electrons. The van der Waals surface area contributed by atoms with Crippen LogP contribution in [0.25, 0.3) is 21.9 Å². The van der Waals surface area contributed by atoms with Crippen molar-refractivity contribution in [3.05, 3.63) is 60.3 Å². The van der Waals surface area contributed by atoms with Crippen LogP contribution in [0.5, 0.6) is 0 Å². The molecule has 0 aliphatic carbocycles. The molecule has 1 aliphatic heterocycles. The summed E-state index contributed by atoms with van der Waals surface area (Å²) in [6.07, 6.45) is 1.87. The maximum atomic E-state index is 13.7. The summed E-state index contributed by atoms with van der Waals surface area (Å²) in [6, 6.07) is 15.0. The Bertz CT molecular complexity index is 1310. The fourth-order valence-electron chi connectivity index (χ4n) is 4.56. The van der Waals surface area contributed by atoms with Crippen molar-refractivity contribution < 1.29 is 19.1 Å². The highest BCUT2D eigenvalue weighted by Gasteiger charge is 2.48. The monoisotopic (exact) mass is 432 g/mol. The van der Waals surface area contributed by atoms with Gasteiger partial charge in [0.05, 0.1) is 36.8 Å². The molecule has 0 bridgehead atoms. The minimum Gasteiger partial charge on any atom is -0.465 e. The number of rotatable bonds is 6. The lowest BCUT2D eigenvalue weighted by molar-refractivity contribution is -0.153. The van der Waals surface area contributed by atoms with Gasteiger partial charge in [0, 0.05) is 29.8 Å². The van der Waals surface area contributed by atoms with E-state index < -0.39 is 17.9 Å². The van der Waals surface area contributed by atoms with Crippen molar-refractivity contribution in [1.29, 1.82) is 0 Å². The van der Waals surface area contributed by atoms with Gasteiger partial charge in [0.15, 0.2) is 5.92 Å². The van der Waals surface area contributed by atoms with Crippen molar-refractivity contribution in [3.8, 4) is 0 Å². The number of aromatic amines is 1. The number of fused-ring (bicyclic) bond motifs is 4. The van der Waals surface area contributed by atoms with Crippen LogP contribution in [0.1, 0.15) is 18.5 Å². The first-order valence-corrected chi connectivity index (χ1v) is 10.7. The summed E-state index contributed by atoms with van der Waals surface area (Å²) in [5, 5.41) is 0.952. The molecule has 4 aromatic rings. The van der Waals surface area contributed by atoms with E-state index in [2.05, 4.69) is 4.98 Å². The molecule has 0 unspecified atom stereocenters. The fourth-order valence-corrected chi connectivity index (χ4v) is 4.56. The molecule has 0 saturated carbocycles. The van der Waals surface area contributed by atoms with Gasteiger partial charge in [-0.05, 0) is 25.1 Å². The highest BCUT2D eigenvalue weighted by atomic mass is 16.5. The van der Waals surface area contributed by atoms with E-state index in [1.807, 2.05) is 59.3 Å². The highest BCUT2D eigenvalue weighted by molar-refractivity contribution is 6.09. The molecule has 8 heteroatoms. The Kier molecular flexibility index (Phi) is 5.14. The minimum atomic E-state index is -1.05. The zero-order valence-corrected chi connectivity index (χ0v) is 17.9. The number of ether oxygens (including phenoxy) is 2. The van der Waals surface area contributed by atoms with Gasteiger partial charge in [-0.15, -0.1) is 0 Å². The van der Waals surface area contributed by atoms with Crippen LogP contribution < -0.4 is 4.90 Å². The van der Waals surface area contributed by atoms with Gasteiger partial charge >= 0.3 is 5.97 Å². The molecule has 2 atom stereocenters. The molecule has 0 fully saturated rings. The highest BCUT2D eigenvalue weighted by Crippen LogP contribution is 2.43. The van der Waals surface area contributed by atoms with Crippen LogP contribution in [0.15, 0.2) is 54.7 Å². The van der Waals surface area contributed by atoms with Gasteiger partial charge in [-0.2, -0.15) is 0 Å². The molecule has 1 aliphatic rings. The molecule has 3 heterocycles. The summed E-state index contributed by atoms with van der Waals surface area (Å²) in [7, 11) is 1.58. The summed E-state index contributed by atoms with van der Waals surface area (Å²) >= 11 is 0. The Morgan fingerprint density at radius 3 is 2.75 bits per heavy atom. The predicted octanol–water partition coefficient (Wildman–Crippen LogP) is 3.28. The summed E-state index contributed by atoms with van der Waals surface area (Å²) in [5.41, 5.74) is 3.39. The standard InChI is InChI=1S/C24H24N4O4/c1-3-32-23(30)20-21(16-14-25-17-9-5-4-8-15(16)17)28-19-11-7-6-10-18(19)26-24(28)27(22(20)29)12-13-31-2/h4-11,14,20-21,25H,3,12-13H2,1-2H3/t20-,21-/m0/s1. The normalized spacial score (nSPS) is 18.3. The van der Waals surface area contributed by atoms with Gasteiger partial charge in [0.25, 0.3) is 0 Å². The number of para-hydroxylation sites is 3. The molecule has 5 rings (SSSR count). The number of nitrogens with one attached hydrogen (secondary N) is 1. The second-order valence-electron chi connectivity index (χ2n) is 7.72. The predicted molar refractivity (Wildman–Crippen MR) is 121 cm³/mol. The van der Waals surface area contributed by atoms with E-state index >= 15 is 0 Å². The van der Waals surface area contributed by atoms with Crippen LogP contribution >= 0.6 is 0 Å². The Hall–Kier alpha value is -3.65. The molecule has 0 saturated heterocycles. The Balaban J connectivity index is 1.80. The number of esters is 1. The number of H-pyrrole nitrogens is 1. The summed E-state index contributed by atoms with van der Waals surface area (Å²) in [5.74, 6) is -1.42. The number of aromatic nitrogens is 3. The molecule has 2 aromatic heterocycles. The van der Waals surface area contributed by atoms with Crippen LogP contribution in [0.4, 0.5) is 5.95 Å². The van der Waals surface area contributed by atoms with Crippen molar-refractivity contribution in [2.45, 2.75) is 13.0 Å². The summed E-state index contributed by atoms with van der Waals surface area (Å²) in [6.45, 7) is 2.54. The molecule has 164 valence electrons. The number of hydrogen-bond acceptors (Lipinski definition) is 5. The Morgan fingerprint density at radius 1 is 1.16 bits per heavy atom. The molecular weight excluding hydrogens is 408 g/mol. The van der Waals surface area contributed by atoms with Crippen molar-refractivity contribution >= 4 is 39.8 Å². The van der Waals surface area contributed by atoms with E-state index in [1.165, 1.54) is 4.90 Å². The number of benzene rings is 2. The molecule has 0 spiro atoms. The third kappa shape index (κ3) is 3.06. The van der Waals surface area contributed by atoms with Gasteiger partial charge < -0.3 is 19.0 Å². The topological polar surface area (TPSA) is 89.4 Å². The van der Waals surface area contributed by atoms with Crippen molar-refractivity contribution in [1.82, 2.24) is 14.5 Å². The van der Waals surface area contributed by atoms with E-state index in [0.717, 1.165) is 27.5 Å². The maximum absolute atomic E-state index is 13.7. The van der Waals surface area contributed by atoms with E-state index in [1.54, 1.807) is 14.0 Å². The molecule has 1 N–H and O–H groups in total. The second-order valence-corrected chi connectivity index (χ2v) is 7.72. The van der Waals surface area contributed by atoms with Gasteiger partial charge in [-0.3, -0.25) is 14.5 Å². The lowest BCUT2D eigenvalue weighted by Gasteiger charge is -2.37. The van der Waals surface area contributed by atoms with E-state index in [4.69, 9.17) is 14.5 Å². The number of carbonyl (C=O) groups excluding carboxylic acids is 2. The third-order valence-corrected chi connectivity index (χ3v) is 5.94. The van der Waals surface area contributed by atoms with Gasteiger partial charge in [-0.25, -0.2) is 4.98 Å². The number of anilines is 1. The number of imidazole rings is 1. The number of amides is 1. The zero-order chi connectivity index (χ0) is 22.2. The average Bonchev–Trinajstić information content (AvgIpc) is 3.40. The van der Waals surface area contributed by atoms with Crippen molar-refractivity contribution in [3.63, 3.8) is 0 Å². The van der Waals surface area contributed by atoms with E-state index in [0.29, 0.717) is 12.6 Å². The molecule has 32 heavy (non-hydrogen) atoms. The number of methoxy groups -OCH3 is 1. The number of nitrogens with zero attached hydrogens (tertiary/aromatic N) is 3. The maximum Gasteiger partial charge on any atom is 0.321 e. The molecular formula is C24H24N4O4. The fraction of sp³-hybridized carbons (Fsp3) is 0.292. The van der Waals surface area contributed by atoms with Crippen LogP contribution in [-0.2, 0) is 19.1 Å². The van der Waals surface area contributed by atoms with Crippen molar-refractivity contribution in [2.75, 3.05) is 31.8 Å². The van der Waals surface area contributed by atoms with Gasteiger partial charge in [0.2, 0.25) is 11.9 Å². The first-order valence-electron chi connectivity index (χ1n) is 10.7. The van der Waals surface area contributed by atoms with E-state index in [9.17, 15) is 9.59 Å². The zero-order valence-electron chi connectivity index (χ0n) is 17.9. The van der Waals surface area contributed by atoms with Gasteiger partial charge in [-0.1, -0.05) is 30.3 Å². The van der Waals surface area contributed by atoms with Crippen LogP contribution in [-0.4, -0.2) is 53.3 Å². The van der Waals surface area contributed by atoms with Gasteiger partial charge in [0.1, 0.15) is 0 Å². The molecule has 2 aromatic carbocycles. The second kappa shape index (κ2) is 8.12. The summed E-state index contributed by atoms with van der Waals surface area (Å²) < 4.78 is 12.6. The smallest absolute Gasteiger partial charge is 0.321 e. The van der Waals surface area contributed by atoms with E-state index in [-0.39, 0.29) is 19.1 Å².